The molecule has 15 heavy (non-hydrogen) atoms. The SMILES string of the molecule is NNC(=O)c1c(N)ccc2ncccc12. The summed E-state index contributed by atoms with van der Waals surface area (Å²) in [6.07, 6.45) is 1.66. The molecule has 1 amide bonds. The molecule has 0 fully saturated rings. The summed E-state index contributed by atoms with van der Waals surface area (Å²) in [4.78, 5) is 15.6. The van der Waals surface area contributed by atoms with Crippen LogP contribution in [0.4, 0.5) is 5.69 Å². The van der Waals surface area contributed by atoms with Gasteiger partial charge in [0.15, 0.2) is 0 Å². The monoisotopic (exact) mass is 202 g/mol. The Labute approximate surface area is 86.1 Å². The van der Waals surface area contributed by atoms with Crippen molar-refractivity contribution in [3.63, 3.8) is 0 Å². The second kappa shape index (κ2) is 3.55. The number of hydrogen-bond acceptors (Lipinski definition) is 4. The van der Waals surface area contributed by atoms with Crippen LogP contribution < -0.4 is 17.0 Å². The molecule has 2 aromatic rings. The molecule has 0 aliphatic rings. The number of nitrogen functional groups attached to an aromatic ring is 2. The van der Waals surface area contributed by atoms with E-state index in [0.29, 0.717) is 22.2 Å². The van der Waals surface area contributed by atoms with Gasteiger partial charge in [0.2, 0.25) is 0 Å². The Kier molecular flexibility index (Phi) is 2.23. The van der Waals surface area contributed by atoms with Crippen LogP contribution in [0.15, 0.2) is 30.5 Å². The lowest BCUT2D eigenvalue weighted by atomic mass is 10.1. The minimum absolute atomic E-state index is 0.364. The molecular weight excluding hydrogens is 192 g/mol. The number of carbonyl (C=O) groups is 1. The van der Waals surface area contributed by atoms with Gasteiger partial charge in [0.25, 0.3) is 5.91 Å². The number of amides is 1. The van der Waals surface area contributed by atoms with E-state index in [9.17, 15) is 4.79 Å². The third kappa shape index (κ3) is 1.49. The van der Waals surface area contributed by atoms with Gasteiger partial charge in [0, 0.05) is 17.3 Å². The second-order valence-corrected chi connectivity index (χ2v) is 3.07. The average Bonchev–Trinajstić information content (AvgIpc) is 2.28. The molecule has 1 heterocycles. The maximum Gasteiger partial charge on any atom is 0.267 e. The van der Waals surface area contributed by atoms with Crippen molar-refractivity contribution in [2.45, 2.75) is 0 Å². The summed E-state index contributed by atoms with van der Waals surface area (Å²) in [6.45, 7) is 0. The van der Waals surface area contributed by atoms with Crippen molar-refractivity contribution in [3.8, 4) is 0 Å². The van der Waals surface area contributed by atoms with Crippen molar-refractivity contribution >= 4 is 22.5 Å². The quantitative estimate of drug-likeness (QED) is 0.270. The van der Waals surface area contributed by atoms with Gasteiger partial charge in [-0.05, 0) is 18.2 Å². The van der Waals surface area contributed by atoms with Gasteiger partial charge in [0.1, 0.15) is 0 Å². The summed E-state index contributed by atoms with van der Waals surface area (Å²) in [6, 6.07) is 6.93. The number of carbonyl (C=O) groups excluding carboxylic acids is 1. The highest BCUT2D eigenvalue weighted by Gasteiger charge is 2.12. The first-order valence-electron chi connectivity index (χ1n) is 4.38. The lowest BCUT2D eigenvalue weighted by Gasteiger charge is -2.07. The Bertz CT molecular complexity index is 524. The first kappa shape index (κ1) is 9.42. The van der Waals surface area contributed by atoms with Gasteiger partial charge in [0.05, 0.1) is 11.1 Å². The molecule has 5 heteroatoms. The molecule has 5 N–H and O–H groups in total. The number of pyridine rings is 1. The number of nitrogens with two attached hydrogens (primary N) is 2. The highest BCUT2D eigenvalue weighted by molar-refractivity contribution is 6.10. The van der Waals surface area contributed by atoms with Crippen LogP contribution in [0.2, 0.25) is 0 Å². The highest BCUT2D eigenvalue weighted by Crippen LogP contribution is 2.22. The molecule has 76 valence electrons. The van der Waals surface area contributed by atoms with Gasteiger partial charge in [-0.2, -0.15) is 0 Å². The van der Waals surface area contributed by atoms with Crippen molar-refractivity contribution in [3.05, 3.63) is 36.0 Å². The molecule has 0 unspecified atom stereocenters. The van der Waals surface area contributed by atoms with Gasteiger partial charge in [-0.15, -0.1) is 0 Å². The summed E-state index contributed by atoms with van der Waals surface area (Å²) < 4.78 is 0. The first-order valence-corrected chi connectivity index (χ1v) is 4.38. The van der Waals surface area contributed by atoms with Crippen molar-refractivity contribution < 1.29 is 4.79 Å². The Morgan fingerprint density at radius 1 is 1.33 bits per heavy atom. The van der Waals surface area contributed by atoms with Gasteiger partial charge >= 0.3 is 0 Å². The van der Waals surface area contributed by atoms with Crippen molar-refractivity contribution in [2.75, 3.05) is 5.73 Å². The first-order chi connectivity index (χ1) is 7.24. The predicted octanol–water partition coefficient (Wildman–Crippen LogP) is 0.420. The Morgan fingerprint density at radius 2 is 2.13 bits per heavy atom. The third-order valence-electron chi connectivity index (χ3n) is 2.18. The Hall–Kier alpha value is -2.14. The van der Waals surface area contributed by atoms with E-state index in [-0.39, 0.29) is 0 Å². The highest BCUT2D eigenvalue weighted by atomic mass is 16.2. The van der Waals surface area contributed by atoms with Gasteiger partial charge in [-0.1, -0.05) is 6.07 Å². The van der Waals surface area contributed by atoms with Gasteiger partial charge in [-0.3, -0.25) is 15.2 Å². The molecule has 0 radical (unpaired) electrons. The summed E-state index contributed by atoms with van der Waals surface area (Å²) in [5.41, 5.74) is 9.25. The molecule has 5 nitrogen and oxygen atoms in total. The largest absolute Gasteiger partial charge is 0.398 e. The van der Waals surface area contributed by atoms with E-state index in [1.807, 2.05) is 0 Å². The molecular formula is C10H10N4O. The zero-order valence-electron chi connectivity index (χ0n) is 7.90. The standard InChI is InChI=1S/C10H10N4O/c11-7-3-4-8-6(2-1-5-13-8)9(7)10(15)14-12/h1-5H,11-12H2,(H,14,15). The lowest BCUT2D eigenvalue weighted by Crippen LogP contribution is -2.30. The number of hydrazine groups is 1. The maximum absolute atomic E-state index is 11.5. The number of benzene rings is 1. The van der Waals surface area contributed by atoms with Crippen molar-refractivity contribution in [2.24, 2.45) is 5.84 Å². The fraction of sp³-hybridized carbons (Fsp3) is 0. The van der Waals surface area contributed by atoms with Crippen molar-refractivity contribution in [1.82, 2.24) is 10.4 Å². The van der Waals surface area contributed by atoms with E-state index in [0.717, 1.165) is 0 Å². The zero-order chi connectivity index (χ0) is 10.8. The molecule has 0 spiro atoms. The molecule has 0 aliphatic carbocycles. The van der Waals surface area contributed by atoms with E-state index in [1.165, 1.54) is 0 Å². The number of fused-ring (bicyclic) bond motifs is 1. The van der Waals surface area contributed by atoms with E-state index in [4.69, 9.17) is 11.6 Å². The number of hydrogen-bond donors (Lipinski definition) is 3. The lowest BCUT2D eigenvalue weighted by molar-refractivity contribution is 0.0956. The summed E-state index contributed by atoms with van der Waals surface area (Å²) in [7, 11) is 0. The molecule has 0 bridgehead atoms. The number of anilines is 1. The summed E-state index contributed by atoms with van der Waals surface area (Å²) in [5.74, 6) is 4.68. The third-order valence-corrected chi connectivity index (χ3v) is 2.18. The Morgan fingerprint density at radius 3 is 2.87 bits per heavy atom. The van der Waals surface area contributed by atoms with Gasteiger partial charge in [-0.25, -0.2) is 5.84 Å². The van der Waals surface area contributed by atoms with Crippen LogP contribution in [0.3, 0.4) is 0 Å². The fourth-order valence-electron chi connectivity index (χ4n) is 1.49. The van der Waals surface area contributed by atoms with Crippen LogP contribution in [0.5, 0.6) is 0 Å². The number of rotatable bonds is 1. The molecule has 0 saturated heterocycles. The zero-order valence-corrected chi connectivity index (χ0v) is 7.90. The van der Waals surface area contributed by atoms with E-state index in [1.54, 1.807) is 30.5 Å². The van der Waals surface area contributed by atoms with Crippen LogP contribution in [-0.2, 0) is 0 Å². The van der Waals surface area contributed by atoms with Crippen LogP contribution in [0.1, 0.15) is 10.4 Å². The van der Waals surface area contributed by atoms with Crippen LogP contribution in [0, 0.1) is 0 Å². The topological polar surface area (TPSA) is 94.0 Å². The molecule has 0 saturated carbocycles. The maximum atomic E-state index is 11.5. The molecule has 2 rings (SSSR count). The van der Waals surface area contributed by atoms with E-state index in [2.05, 4.69) is 10.4 Å². The second-order valence-electron chi connectivity index (χ2n) is 3.07. The van der Waals surface area contributed by atoms with E-state index >= 15 is 0 Å². The minimum Gasteiger partial charge on any atom is -0.398 e. The number of aromatic nitrogens is 1. The average molecular weight is 202 g/mol. The number of nitrogens with zero attached hydrogens (tertiary/aromatic N) is 1. The predicted molar refractivity (Wildman–Crippen MR) is 57.8 cm³/mol. The molecule has 1 aromatic heterocycles. The summed E-state index contributed by atoms with van der Waals surface area (Å²) in [5, 5.41) is 0.695. The summed E-state index contributed by atoms with van der Waals surface area (Å²) >= 11 is 0. The van der Waals surface area contributed by atoms with Crippen molar-refractivity contribution in [1.29, 1.82) is 0 Å². The minimum atomic E-state index is -0.411. The van der Waals surface area contributed by atoms with Crippen LogP contribution in [0.25, 0.3) is 10.9 Å². The van der Waals surface area contributed by atoms with E-state index < -0.39 is 5.91 Å². The molecule has 0 aliphatic heterocycles. The van der Waals surface area contributed by atoms with Crippen LogP contribution >= 0.6 is 0 Å². The smallest absolute Gasteiger partial charge is 0.267 e. The Balaban J connectivity index is 2.79. The van der Waals surface area contributed by atoms with Crippen LogP contribution in [-0.4, -0.2) is 10.9 Å². The fourth-order valence-corrected chi connectivity index (χ4v) is 1.49. The molecule has 1 aromatic carbocycles. The van der Waals surface area contributed by atoms with Gasteiger partial charge < -0.3 is 5.73 Å². The normalized spacial score (nSPS) is 10.2. The molecule has 0 atom stereocenters. The number of nitrogens with one attached hydrogen (secondary N) is 1.